The van der Waals surface area contributed by atoms with E-state index in [1.165, 1.54) is 43.5 Å². The second-order valence-corrected chi connectivity index (χ2v) is 9.99. The summed E-state index contributed by atoms with van der Waals surface area (Å²) in [6.45, 7) is 3.71. The summed E-state index contributed by atoms with van der Waals surface area (Å²) in [7, 11) is -2.33. The second kappa shape index (κ2) is 12.9. The topological polar surface area (TPSA) is 141 Å². The number of carboxylic acids is 1. The van der Waals surface area contributed by atoms with Gasteiger partial charge in [0.1, 0.15) is 5.82 Å². The number of carbonyl (C=O) groups is 1. The number of aromatic nitrogens is 2. The van der Waals surface area contributed by atoms with E-state index >= 15 is 0 Å². The van der Waals surface area contributed by atoms with Crippen molar-refractivity contribution in [2.24, 2.45) is 0 Å². The van der Waals surface area contributed by atoms with Gasteiger partial charge in [-0.1, -0.05) is 26.0 Å². The van der Waals surface area contributed by atoms with Gasteiger partial charge in [-0.15, -0.1) is 0 Å². The van der Waals surface area contributed by atoms with E-state index in [9.17, 15) is 27.8 Å². The van der Waals surface area contributed by atoms with Crippen LogP contribution in [-0.4, -0.2) is 103 Å². The monoisotopic (exact) mass is 521 g/mol. The molecule has 9 nitrogen and oxygen atoms in total. The van der Waals surface area contributed by atoms with E-state index < -0.39 is 40.4 Å². The molecule has 0 aliphatic heterocycles. The summed E-state index contributed by atoms with van der Waals surface area (Å²) >= 11 is 0. The van der Waals surface area contributed by atoms with Gasteiger partial charge in [0.25, 0.3) is 0 Å². The fourth-order valence-electron chi connectivity index (χ4n) is 3.05. The smallest absolute Gasteiger partial charge is 0.481 e. The normalized spacial score (nSPS) is 13.5. The fourth-order valence-corrected chi connectivity index (χ4v) is 3.42. The molecule has 0 spiro atoms. The minimum absolute atomic E-state index is 0. The molecule has 2 rings (SSSR count). The van der Waals surface area contributed by atoms with Gasteiger partial charge in [0.2, 0.25) is 16.0 Å². The molecule has 0 saturated carbocycles. The Kier molecular flexibility index (Phi) is 11.5. The zero-order chi connectivity index (χ0) is 24.9. The summed E-state index contributed by atoms with van der Waals surface area (Å²) in [6.07, 6.45) is 0.860. The van der Waals surface area contributed by atoms with Crippen LogP contribution in [0.3, 0.4) is 0 Å². The Morgan fingerprint density at radius 1 is 1.18 bits per heavy atom. The standard InChI is InChI=1S/C22H28FN3O6S.Ca/c1-13(2)20-18(10-9-16(27)11-17(28)12-19(29)30)21(14-5-7-15(23)8-6-14)25-22(24-20)26(3)33(4,31)32;/h5-10,13,16-17,27-28H,11-12H2,1-4H3,(H,29,30);/q;+2/b10-9+;/t16-,17-;/m1./s1. The van der Waals surface area contributed by atoms with Crippen LogP contribution in [0.25, 0.3) is 17.3 Å². The molecule has 0 bridgehead atoms. The Bertz CT molecular complexity index is 1130. The van der Waals surface area contributed by atoms with Gasteiger partial charge in [0, 0.05) is 24.6 Å². The zero-order valence-corrected chi connectivity index (χ0v) is 22.5. The van der Waals surface area contributed by atoms with Gasteiger partial charge in [-0.2, -0.15) is 0 Å². The molecule has 34 heavy (non-hydrogen) atoms. The maximum atomic E-state index is 13.5. The maximum Gasteiger partial charge on any atom is 2.00 e. The first kappa shape index (κ1) is 30.4. The van der Waals surface area contributed by atoms with Crippen molar-refractivity contribution in [1.82, 2.24) is 9.97 Å². The summed E-state index contributed by atoms with van der Waals surface area (Å²) in [4.78, 5) is 19.6. The Morgan fingerprint density at radius 2 is 1.76 bits per heavy atom. The summed E-state index contributed by atoms with van der Waals surface area (Å²) < 4.78 is 38.6. The molecular weight excluding hydrogens is 493 g/mol. The summed E-state index contributed by atoms with van der Waals surface area (Å²) in [5.74, 6) is -1.87. The molecule has 0 aliphatic carbocycles. The van der Waals surface area contributed by atoms with Gasteiger partial charge in [0.15, 0.2) is 0 Å². The zero-order valence-electron chi connectivity index (χ0n) is 19.5. The van der Waals surface area contributed by atoms with E-state index in [1.54, 1.807) is 0 Å². The number of nitrogens with zero attached hydrogens (tertiary/aromatic N) is 3. The molecule has 2 atom stereocenters. The van der Waals surface area contributed by atoms with Gasteiger partial charge in [-0.25, -0.2) is 27.1 Å². The van der Waals surface area contributed by atoms with Crippen molar-refractivity contribution >= 4 is 65.8 Å². The largest absolute Gasteiger partial charge is 2.00 e. The van der Waals surface area contributed by atoms with Gasteiger partial charge >= 0.3 is 43.7 Å². The van der Waals surface area contributed by atoms with Crippen LogP contribution in [0.4, 0.5) is 10.3 Å². The number of hydrogen-bond acceptors (Lipinski definition) is 7. The Balaban J connectivity index is 0.00000578. The van der Waals surface area contributed by atoms with Crippen LogP contribution in [0.1, 0.15) is 43.9 Å². The summed E-state index contributed by atoms with van der Waals surface area (Å²) in [5, 5.41) is 28.8. The van der Waals surface area contributed by atoms with Crippen molar-refractivity contribution in [3.63, 3.8) is 0 Å². The average molecular weight is 522 g/mol. The van der Waals surface area contributed by atoms with Crippen LogP contribution >= 0.6 is 0 Å². The van der Waals surface area contributed by atoms with E-state index in [2.05, 4.69) is 9.97 Å². The van der Waals surface area contributed by atoms with Crippen LogP contribution in [0.2, 0.25) is 0 Å². The number of aliphatic hydroxyl groups excluding tert-OH is 2. The first-order valence-electron chi connectivity index (χ1n) is 10.2. The number of benzene rings is 1. The molecule has 0 aliphatic rings. The molecule has 2 aromatic rings. The number of halogens is 1. The Hall–Kier alpha value is -1.63. The van der Waals surface area contributed by atoms with Crippen LogP contribution < -0.4 is 4.31 Å². The van der Waals surface area contributed by atoms with Crippen LogP contribution in [0.15, 0.2) is 30.3 Å². The number of sulfonamides is 1. The van der Waals surface area contributed by atoms with Crippen molar-refractivity contribution in [3.05, 3.63) is 47.4 Å². The van der Waals surface area contributed by atoms with Crippen molar-refractivity contribution in [2.75, 3.05) is 17.6 Å². The van der Waals surface area contributed by atoms with Crippen LogP contribution in [0.5, 0.6) is 0 Å². The first-order chi connectivity index (χ1) is 15.3. The third-order valence-electron chi connectivity index (χ3n) is 4.82. The number of aliphatic carboxylic acids is 1. The summed E-state index contributed by atoms with van der Waals surface area (Å²) in [6, 6.07) is 5.49. The van der Waals surface area contributed by atoms with Crippen molar-refractivity contribution in [2.45, 2.75) is 44.8 Å². The molecule has 0 radical (unpaired) electrons. The van der Waals surface area contributed by atoms with Gasteiger partial charge in [-0.3, -0.25) is 4.79 Å². The van der Waals surface area contributed by atoms with Crippen molar-refractivity contribution in [3.8, 4) is 11.3 Å². The van der Waals surface area contributed by atoms with E-state index in [1.807, 2.05) is 13.8 Å². The maximum absolute atomic E-state index is 13.5. The number of anilines is 1. The Morgan fingerprint density at radius 3 is 2.26 bits per heavy atom. The van der Waals surface area contributed by atoms with E-state index in [0.29, 0.717) is 22.5 Å². The van der Waals surface area contributed by atoms with Gasteiger partial charge in [-0.05, 0) is 30.2 Å². The third kappa shape index (κ3) is 8.54. The molecule has 0 saturated heterocycles. The van der Waals surface area contributed by atoms with Gasteiger partial charge < -0.3 is 15.3 Å². The third-order valence-corrected chi connectivity index (χ3v) is 5.97. The van der Waals surface area contributed by atoms with Crippen molar-refractivity contribution in [1.29, 1.82) is 0 Å². The van der Waals surface area contributed by atoms with Gasteiger partial charge in [0.05, 0.1) is 36.3 Å². The predicted molar refractivity (Wildman–Crippen MR) is 128 cm³/mol. The van der Waals surface area contributed by atoms with E-state index in [0.717, 1.165) is 10.6 Å². The molecule has 12 heteroatoms. The molecule has 1 heterocycles. The Labute approximate surface area is 228 Å². The van der Waals surface area contributed by atoms with Crippen LogP contribution in [-0.2, 0) is 14.8 Å². The number of aliphatic hydroxyl groups is 2. The molecule has 3 N–H and O–H groups in total. The quantitative estimate of drug-likeness (QED) is 0.403. The number of carboxylic acid groups (broad SMARTS) is 1. The summed E-state index contributed by atoms with van der Waals surface area (Å²) in [5.41, 5.74) is 1.80. The molecule has 1 aromatic heterocycles. The molecular formula is C22H28CaFN3O6S+2. The van der Waals surface area contributed by atoms with Crippen LogP contribution in [0, 0.1) is 5.82 Å². The number of rotatable bonds is 10. The number of hydrogen-bond donors (Lipinski definition) is 3. The average Bonchev–Trinajstić information content (AvgIpc) is 2.70. The first-order valence-corrected chi connectivity index (χ1v) is 12.0. The molecule has 0 amide bonds. The van der Waals surface area contributed by atoms with E-state index in [4.69, 9.17) is 5.11 Å². The minimum Gasteiger partial charge on any atom is -0.481 e. The van der Waals surface area contributed by atoms with Crippen molar-refractivity contribution < 1.29 is 32.9 Å². The molecule has 0 unspecified atom stereocenters. The molecule has 0 fully saturated rings. The molecule has 180 valence electrons. The predicted octanol–water partition coefficient (Wildman–Crippen LogP) is 2.02. The molecule has 1 aromatic carbocycles. The second-order valence-electron chi connectivity index (χ2n) is 7.98. The van der Waals surface area contributed by atoms with E-state index in [-0.39, 0.29) is 56.0 Å². The fraction of sp³-hybridized carbons (Fsp3) is 0.409. The minimum atomic E-state index is -3.65. The SMILES string of the molecule is CC(C)c1nc(N(C)S(C)(=O)=O)nc(-c2ccc(F)cc2)c1/C=C/[C@@H](O)C[C@@H](O)CC(=O)O.[Ca+2].